The van der Waals surface area contributed by atoms with E-state index in [9.17, 15) is 0 Å². The quantitative estimate of drug-likeness (QED) is 0.503. The zero-order valence-corrected chi connectivity index (χ0v) is 7.73. The lowest BCUT2D eigenvalue weighted by molar-refractivity contribution is 0.0647. The Morgan fingerprint density at radius 2 is 1.42 bits per heavy atom. The Morgan fingerprint density at radius 1 is 0.917 bits per heavy atom. The van der Waals surface area contributed by atoms with Gasteiger partial charge in [-0.2, -0.15) is 0 Å². The van der Waals surface area contributed by atoms with E-state index >= 15 is 0 Å². The molecule has 0 radical (unpaired) electrons. The van der Waals surface area contributed by atoms with Gasteiger partial charge < -0.3 is 0 Å². The molecule has 0 aromatic carbocycles. The van der Waals surface area contributed by atoms with Crippen molar-refractivity contribution < 1.29 is 0 Å². The molecule has 2 saturated carbocycles. The van der Waals surface area contributed by atoms with Gasteiger partial charge in [-0.3, -0.25) is 0 Å². The molecule has 0 aliphatic heterocycles. The van der Waals surface area contributed by atoms with Crippen LogP contribution in [0.1, 0.15) is 65.7 Å². The zero-order valence-electron chi connectivity index (χ0n) is 7.73. The average molecular weight is 168 g/mol. The fourth-order valence-corrected chi connectivity index (χ4v) is 3.21. The molecule has 0 aromatic rings. The molecule has 0 aromatic heterocycles. The molecule has 2 fully saturated rings. The SMILES string of the molecule is C.CC12CCCCC1CCCC2. The van der Waals surface area contributed by atoms with E-state index in [0.717, 1.165) is 11.3 Å². The Hall–Kier alpha value is 0. The van der Waals surface area contributed by atoms with Crippen molar-refractivity contribution >= 4 is 0 Å². The summed E-state index contributed by atoms with van der Waals surface area (Å²) < 4.78 is 0. The molecule has 0 nitrogen and oxygen atoms in total. The largest absolute Gasteiger partial charge is 0.0776 e. The van der Waals surface area contributed by atoms with Gasteiger partial charge in [0.05, 0.1) is 0 Å². The fourth-order valence-electron chi connectivity index (χ4n) is 3.21. The molecule has 0 spiro atoms. The Bertz CT molecular complexity index is 125. The summed E-state index contributed by atoms with van der Waals surface area (Å²) in [6.45, 7) is 2.54. The van der Waals surface area contributed by atoms with Crippen molar-refractivity contribution in [2.45, 2.75) is 65.7 Å². The molecule has 0 heteroatoms. The molecule has 0 atom stereocenters. The van der Waals surface area contributed by atoms with Crippen LogP contribution in [-0.4, -0.2) is 0 Å². The van der Waals surface area contributed by atoms with Crippen LogP contribution in [0.5, 0.6) is 0 Å². The first-order chi connectivity index (χ1) is 5.31. The van der Waals surface area contributed by atoms with Crippen molar-refractivity contribution in [2.75, 3.05) is 0 Å². The van der Waals surface area contributed by atoms with E-state index in [0.29, 0.717) is 0 Å². The topological polar surface area (TPSA) is 0 Å². The minimum atomic E-state index is 0. The second-order valence-corrected chi connectivity index (χ2v) is 4.84. The first-order valence-corrected chi connectivity index (χ1v) is 5.31. The lowest BCUT2D eigenvalue weighted by Gasteiger charge is -2.45. The maximum Gasteiger partial charge on any atom is -0.0298 e. The molecule has 0 bridgehead atoms. The van der Waals surface area contributed by atoms with Crippen LogP contribution in [0, 0.1) is 11.3 Å². The Balaban J connectivity index is 0.000000720. The van der Waals surface area contributed by atoms with Crippen molar-refractivity contribution in [1.29, 1.82) is 0 Å². The predicted molar refractivity (Wildman–Crippen MR) is 55.3 cm³/mol. The van der Waals surface area contributed by atoms with Crippen molar-refractivity contribution in [3.05, 3.63) is 0 Å². The Kier molecular flexibility index (Phi) is 3.20. The van der Waals surface area contributed by atoms with E-state index in [2.05, 4.69) is 6.92 Å². The minimum absolute atomic E-state index is 0. The maximum absolute atomic E-state index is 2.54. The van der Waals surface area contributed by atoms with Crippen molar-refractivity contribution in [2.24, 2.45) is 11.3 Å². The zero-order chi connectivity index (χ0) is 7.73. The van der Waals surface area contributed by atoms with E-state index < -0.39 is 0 Å². The van der Waals surface area contributed by atoms with Crippen LogP contribution in [-0.2, 0) is 0 Å². The van der Waals surface area contributed by atoms with Crippen LogP contribution < -0.4 is 0 Å². The highest BCUT2D eigenvalue weighted by Crippen LogP contribution is 2.49. The van der Waals surface area contributed by atoms with E-state index in [1.165, 1.54) is 51.4 Å². The smallest absolute Gasteiger partial charge is 0.0298 e. The van der Waals surface area contributed by atoms with Gasteiger partial charge in [0.25, 0.3) is 0 Å². The van der Waals surface area contributed by atoms with E-state index in [1.54, 1.807) is 0 Å². The van der Waals surface area contributed by atoms with Gasteiger partial charge >= 0.3 is 0 Å². The number of hydrogen-bond acceptors (Lipinski definition) is 0. The van der Waals surface area contributed by atoms with Crippen LogP contribution in [0.3, 0.4) is 0 Å². The second kappa shape index (κ2) is 3.81. The van der Waals surface area contributed by atoms with Gasteiger partial charge in [-0.05, 0) is 37.0 Å². The third-order valence-electron chi connectivity index (χ3n) is 4.09. The fraction of sp³-hybridized carbons (Fsp3) is 1.00. The summed E-state index contributed by atoms with van der Waals surface area (Å²) in [5, 5.41) is 0. The van der Waals surface area contributed by atoms with Crippen LogP contribution in [0.25, 0.3) is 0 Å². The summed E-state index contributed by atoms with van der Waals surface area (Å²) in [7, 11) is 0. The van der Waals surface area contributed by atoms with Crippen LogP contribution >= 0.6 is 0 Å². The van der Waals surface area contributed by atoms with Crippen molar-refractivity contribution in [3.63, 3.8) is 0 Å². The van der Waals surface area contributed by atoms with Gasteiger partial charge in [0.15, 0.2) is 0 Å². The highest BCUT2D eigenvalue weighted by atomic mass is 14.4. The van der Waals surface area contributed by atoms with Gasteiger partial charge in [0, 0.05) is 0 Å². The Labute approximate surface area is 77.7 Å². The molecule has 2 rings (SSSR count). The molecular formula is C12H24. The van der Waals surface area contributed by atoms with E-state index in [4.69, 9.17) is 0 Å². The average Bonchev–Trinajstić information content (AvgIpc) is 2.03. The molecule has 2 aliphatic carbocycles. The molecule has 12 heavy (non-hydrogen) atoms. The van der Waals surface area contributed by atoms with Gasteiger partial charge in [-0.1, -0.05) is 40.0 Å². The maximum atomic E-state index is 2.54. The monoisotopic (exact) mass is 168 g/mol. The number of fused-ring (bicyclic) bond motifs is 1. The summed E-state index contributed by atoms with van der Waals surface area (Å²) in [6.07, 6.45) is 12.2. The summed E-state index contributed by atoms with van der Waals surface area (Å²) in [4.78, 5) is 0. The third-order valence-corrected chi connectivity index (χ3v) is 4.09. The van der Waals surface area contributed by atoms with Crippen LogP contribution in [0.2, 0.25) is 0 Å². The van der Waals surface area contributed by atoms with Gasteiger partial charge in [0.1, 0.15) is 0 Å². The number of rotatable bonds is 0. The van der Waals surface area contributed by atoms with Crippen LogP contribution in [0.4, 0.5) is 0 Å². The summed E-state index contributed by atoms with van der Waals surface area (Å²) in [5.74, 6) is 1.10. The van der Waals surface area contributed by atoms with Gasteiger partial charge in [-0.15, -0.1) is 0 Å². The molecule has 0 unspecified atom stereocenters. The highest BCUT2D eigenvalue weighted by molar-refractivity contribution is 4.88. The summed E-state index contributed by atoms with van der Waals surface area (Å²) in [5.41, 5.74) is 0.774. The second-order valence-electron chi connectivity index (χ2n) is 4.84. The molecule has 2 aliphatic rings. The van der Waals surface area contributed by atoms with Crippen LogP contribution in [0.15, 0.2) is 0 Å². The molecule has 0 saturated heterocycles. The normalized spacial score (nSPS) is 41.2. The Morgan fingerprint density at radius 3 is 1.83 bits per heavy atom. The van der Waals surface area contributed by atoms with Gasteiger partial charge in [-0.25, -0.2) is 0 Å². The molecule has 0 N–H and O–H groups in total. The van der Waals surface area contributed by atoms with E-state index in [1.807, 2.05) is 0 Å². The third kappa shape index (κ3) is 1.67. The van der Waals surface area contributed by atoms with E-state index in [-0.39, 0.29) is 7.43 Å². The molecule has 72 valence electrons. The number of hydrogen-bond donors (Lipinski definition) is 0. The lowest BCUT2D eigenvalue weighted by atomic mass is 9.61. The van der Waals surface area contributed by atoms with Crippen molar-refractivity contribution in [1.82, 2.24) is 0 Å². The first-order valence-electron chi connectivity index (χ1n) is 5.31. The highest BCUT2D eigenvalue weighted by Gasteiger charge is 2.37. The molecule has 0 amide bonds. The first kappa shape index (κ1) is 10.1. The minimum Gasteiger partial charge on any atom is -0.0776 e. The standard InChI is InChI=1S/C11H20.CH4/c1-11-8-4-2-6-10(11)7-3-5-9-11;/h10H,2-9H2,1H3;1H4. The summed E-state index contributed by atoms with van der Waals surface area (Å²) in [6, 6.07) is 0. The molecule has 0 heterocycles. The van der Waals surface area contributed by atoms with Crippen molar-refractivity contribution in [3.8, 4) is 0 Å². The lowest BCUT2D eigenvalue weighted by Crippen LogP contribution is -2.33. The molecular weight excluding hydrogens is 144 g/mol. The van der Waals surface area contributed by atoms with Gasteiger partial charge in [0.2, 0.25) is 0 Å². The predicted octanol–water partition coefficient (Wildman–Crippen LogP) is 4.39. The summed E-state index contributed by atoms with van der Waals surface area (Å²) >= 11 is 0.